The maximum absolute atomic E-state index is 5.89. The highest BCUT2D eigenvalue weighted by Gasteiger charge is 2.13. The van der Waals surface area contributed by atoms with Gasteiger partial charge in [-0.15, -0.1) is 6.58 Å². The number of rotatable bonds is 5. The molecule has 0 atom stereocenters. The Morgan fingerprint density at radius 1 is 1.19 bits per heavy atom. The minimum Gasteiger partial charge on any atom is -0.382 e. The van der Waals surface area contributed by atoms with Crippen molar-refractivity contribution < 1.29 is 0 Å². The molecule has 0 aliphatic rings. The van der Waals surface area contributed by atoms with E-state index in [4.69, 9.17) is 5.73 Å². The van der Waals surface area contributed by atoms with E-state index in [9.17, 15) is 0 Å². The number of allylic oxidation sites excluding steroid dienone is 1. The number of nitrogen functional groups attached to an aromatic ring is 1. The first-order valence-corrected chi connectivity index (χ1v) is 6.90. The molecule has 0 fully saturated rings. The SMILES string of the molecule is C=CCc1nc2c(N)ncnc2n1CCc1ccccc1. The average molecular weight is 279 g/mol. The van der Waals surface area contributed by atoms with E-state index >= 15 is 0 Å². The van der Waals surface area contributed by atoms with Crippen molar-refractivity contribution in [3.8, 4) is 0 Å². The summed E-state index contributed by atoms with van der Waals surface area (Å²) in [5, 5.41) is 0. The first kappa shape index (κ1) is 13.3. The minimum absolute atomic E-state index is 0.420. The van der Waals surface area contributed by atoms with Gasteiger partial charge in [-0.1, -0.05) is 36.4 Å². The molecule has 0 radical (unpaired) electrons. The number of nitrogens with zero attached hydrogens (tertiary/aromatic N) is 4. The van der Waals surface area contributed by atoms with Crippen LogP contribution in [-0.2, 0) is 19.4 Å². The van der Waals surface area contributed by atoms with Gasteiger partial charge in [0.1, 0.15) is 12.2 Å². The third-order valence-corrected chi connectivity index (χ3v) is 3.43. The molecule has 0 bridgehead atoms. The van der Waals surface area contributed by atoms with Gasteiger partial charge in [-0.3, -0.25) is 0 Å². The van der Waals surface area contributed by atoms with E-state index < -0.39 is 0 Å². The van der Waals surface area contributed by atoms with E-state index in [0.717, 1.165) is 24.4 Å². The number of hydrogen-bond acceptors (Lipinski definition) is 4. The molecular weight excluding hydrogens is 262 g/mol. The van der Waals surface area contributed by atoms with Crippen molar-refractivity contribution in [3.05, 3.63) is 60.7 Å². The number of aromatic nitrogens is 4. The number of hydrogen-bond donors (Lipinski definition) is 1. The normalized spacial score (nSPS) is 10.9. The van der Waals surface area contributed by atoms with Crippen LogP contribution in [0.25, 0.3) is 11.2 Å². The van der Waals surface area contributed by atoms with Gasteiger partial charge in [-0.2, -0.15) is 0 Å². The molecule has 5 nitrogen and oxygen atoms in total. The number of benzene rings is 1. The molecule has 2 N–H and O–H groups in total. The molecule has 106 valence electrons. The van der Waals surface area contributed by atoms with Gasteiger partial charge in [-0.25, -0.2) is 15.0 Å². The Balaban J connectivity index is 1.97. The number of imidazole rings is 1. The molecule has 3 rings (SSSR count). The summed E-state index contributed by atoms with van der Waals surface area (Å²) in [4.78, 5) is 12.9. The number of aryl methyl sites for hydroxylation is 2. The zero-order chi connectivity index (χ0) is 14.7. The first-order chi connectivity index (χ1) is 10.3. The van der Waals surface area contributed by atoms with Crippen molar-refractivity contribution in [3.63, 3.8) is 0 Å². The van der Waals surface area contributed by atoms with Crippen molar-refractivity contribution in [2.45, 2.75) is 19.4 Å². The van der Waals surface area contributed by atoms with Crippen LogP contribution in [0.5, 0.6) is 0 Å². The quantitative estimate of drug-likeness (QED) is 0.728. The predicted molar refractivity (Wildman–Crippen MR) is 83.8 cm³/mol. The maximum atomic E-state index is 5.89. The third-order valence-electron chi connectivity index (χ3n) is 3.43. The van der Waals surface area contributed by atoms with Crippen molar-refractivity contribution in [2.75, 3.05) is 5.73 Å². The van der Waals surface area contributed by atoms with Crippen molar-refractivity contribution >= 4 is 17.0 Å². The summed E-state index contributed by atoms with van der Waals surface area (Å²) >= 11 is 0. The number of nitrogens with two attached hydrogens (primary N) is 1. The van der Waals surface area contributed by atoms with Gasteiger partial charge in [0.15, 0.2) is 17.0 Å². The van der Waals surface area contributed by atoms with Gasteiger partial charge in [0.2, 0.25) is 0 Å². The third kappa shape index (κ3) is 2.63. The summed E-state index contributed by atoms with van der Waals surface area (Å²) < 4.78 is 2.10. The van der Waals surface area contributed by atoms with Crippen molar-refractivity contribution in [1.82, 2.24) is 19.5 Å². The first-order valence-electron chi connectivity index (χ1n) is 6.90. The van der Waals surface area contributed by atoms with Crippen LogP contribution in [0.4, 0.5) is 5.82 Å². The lowest BCUT2D eigenvalue weighted by molar-refractivity contribution is 0.676. The summed E-state index contributed by atoms with van der Waals surface area (Å²) in [6, 6.07) is 10.4. The Hall–Kier alpha value is -2.69. The molecule has 0 spiro atoms. The van der Waals surface area contributed by atoms with E-state index in [-0.39, 0.29) is 0 Å². The van der Waals surface area contributed by atoms with Crippen LogP contribution in [0, 0.1) is 0 Å². The molecule has 5 heteroatoms. The van der Waals surface area contributed by atoms with Crippen LogP contribution in [0.1, 0.15) is 11.4 Å². The zero-order valence-electron chi connectivity index (χ0n) is 11.7. The second-order valence-electron chi connectivity index (χ2n) is 4.84. The van der Waals surface area contributed by atoms with Crippen LogP contribution in [-0.4, -0.2) is 19.5 Å². The van der Waals surface area contributed by atoms with Gasteiger partial charge < -0.3 is 10.3 Å². The molecular formula is C16H17N5. The van der Waals surface area contributed by atoms with Crippen LogP contribution < -0.4 is 5.73 Å². The van der Waals surface area contributed by atoms with Gasteiger partial charge in [-0.05, 0) is 12.0 Å². The summed E-state index contributed by atoms with van der Waals surface area (Å²) in [6.07, 6.45) is 4.92. The van der Waals surface area contributed by atoms with Gasteiger partial charge in [0, 0.05) is 13.0 Å². The van der Waals surface area contributed by atoms with E-state index in [1.807, 2.05) is 24.3 Å². The second-order valence-corrected chi connectivity index (χ2v) is 4.84. The largest absolute Gasteiger partial charge is 0.382 e. The van der Waals surface area contributed by atoms with Crippen molar-refractivity contribution in [1.29, 1.82) is 0 Å². The van der Waals surface area contributed by atoms with Crippen LogP contribution in [0.2, 0.25) is 0 Å². The molecule has 3 aromatic rings. The van der Waals surface area contributed by atoms with Crippen LogP contribution >= 0.6 is 0 Å². The topological polar surface area (TPSA) is 69.6 Å². The summed E-state index contributed by atoms with van der Waals surface area (Å²) in [6.45, 7) is 4.59. The molecule has 0 aliphatic heterocycles. The molecule has 0 saturated heterocycles. The fraction of sp³-hybridized carbons (Fsp3) is 0.188. The van der Waals surface area contributed by atoms with E-state index in [0.29, 0.717) is 17.8 Å². The lowest BCUT2D eigenvalue weighted by Gasteiger charge is -2.07. The fourth-order valence-electron chi connectivity index (χ4n) is 2.40. The highest BCUT2D eigenvalue weighted by molar-refractivity contribution is 5.81. The van der Waals surface area contributed by atoms with Crippen LogP contribution in [0.15, 0.2) is 49.3 Å². The Kier molecular flexibility index (Phi) is 3.64. The van der Waals surface area contributed by atoms with E-state index in [1.165, 1.54) is 11.9 Å². The number of fused-ring (bicyclic) bond motifs is 1. The lowest BCUT2D eigenvalue weighted by atomic mass is 10.1. The lowest BCUT2D eigenvalue weighted by Crippen LogP contribution is -2.06. The highest BCUT2D eigenvalue weighted by atomic mass is 15.1. The molecule has 0 unspecified atom stereocenters. The summed E-state index contributed by atoms with van der Waals surface area (Å²) in [5.74, 6) is 1.34. The molecule has 0 saturated carbocycles. The molecule has 21 heavy (non-hydrogen) atoms. The molecule has 0 amide bonds. The Morgan fingerprint density at radius 3 is 2.76 bits per heavy atom. The Bertz CT molecular complexity index is 761. The van der Waals surface area contributed by atoms with E-state index in [1.54, 1.807) is 0 Å². The Morgan fingerprint density at radius 2 is 2.00 bits per heavy atom. The Labute approximate surface area is 123 Å². The molecule has 2 heterocycles. The molecule has 1 aromatic carbocycles. The van der Waals surface area contributed by atoms with Gasteiger partial charge >= 0.3 is 0 Å². The predicted octanol–water partition coefficient (Wildman–Crippen LogP) is 2.38. The van der Waals surface area contributed by atoms with Gasteiger partial charge in [0.05, 0.1) is 0 Å². The van der Waals surface area contributed by atoms with E-state index in [2.05, 4.69) is 38.2 Å². The van der Waals surface area contributed by atoms with Crippen molar-refractivity contribution in [2.24, 2.45) is 0 Å². The second kappa shape index (κ2) is 5.75. The summed E-state index contributed by atoms with van der Waals surface area (Å²) in [5.41, 5.74) is 8.63. The fourth-order valence-corrected chi connectivity index (χ4v) is 2.40. The highest BCUT2D eigenvalue weighted by Crippen LogP contribution is 2.19. The monoisotopic (exact) mass is 279 g/mol. The molecule has 0 aliphatic carbocycles. The minimum atomic E-state index is 0.420. The van der Waals surface area contributed by atoms with Gasteiger partial charge in [0.25, 0.3) is 0 Å². The maximum Gasteiger partial charge on any atom is 0.165 e. The standard InChI is InChI=1S/C16H17N5/c1-2-6-13-20-14-15(17)18-11-19-16(14)21(13)10-9-12-7-4-3-5-8-12/h2-5,7-8,11H,1,6,9-10H2,(H2,17,18,19). The average Bonchev–Trinajstić information content (AvgIpc) is 2.86. The smallest absolute Gasteiger partial charge is 0.165 e. The van der Waals surface area contributed by atoms with Crippen LogP contribution in [0.3, 0.4) is 0 Å². The zero-order valence-corrected chi connectivity index (χ0v) is 11.7. The number of anilines is 1. The molecule has 2 aromatic heterocycles. The summed E-state index contributed by atoms with van der Waals surface area (Å²) in [7, 11) is 0.